The zero-order valence-corrected chi connectivity index (χ0v) is 16.5. The molecule has 0 aliphatic rings. The maximum Gasteiger partial charge on any atom is 0.277 e. The van der Waals surface area contributed by atoms with E-state index in [0.29, 0.717) is 39.7 Å². The molecule has 0 saturated heterocycles. The molecule has 7 nitrogen and oxygen atoms in total. The van der Waals surface area contributed by atoms with Crippen molar-refractivity contribution in [2.45, 2.75) is 20.4 Å². The molecule has 3 aromatic rings. The van der Waals surface area contributed by atoms with E-state index in [-0.39, 0.29) is 18.3 Å². The van der Waals surface area contributed by atoms with Crippen LogP contribution in [0.1, 0.15) is 16.3 Å². The second-order valence-corrected chi connectivity index (χ2v) is 7.89. The summed E-state index contributed by atoms with van der Waals surface area (Å²) in [6.45, 7) is 8.45. The summed E-state index contributed by atoms with van der Waals surface area (Å²) in [6.07, 6.45) is 1.73. The number of fused-ring (bicyclic) bond motifs is 1. The first kappa shape index (κ1) is 19.3. The number of thiophene rings is 1. The number of hydrogen-bond donors (Lipinski definition) is 2. The Bertz CT molecular complexity index is 1050. The van der Waals surface area contributed by atoms with Crippen LogP contribution in [0.4, 0.5) is 5.88 Å². The number of anilines is 1. The summed E-state index contributed by atoms with van der Waals surface area (Å²) in [5, 5.41) is 9.97. The van der Waals surface area contributed by atoms with Crippen LogP contribution in [0, 0.1) is 13.8 Å². The highest BCUT2D eigenvalue weighted by atomic mass is 35.5. The highest BCUT2D eigenvalue weighted by Crippen LogP contribution is 2.28. The van der Waals surface area contributed by atoms with Gasteiger partial charge in [-0.15, -0.1) is 17.9 Å². The first-order valence-corrected chi connectivity index (χ1v) is 9.44. The van der Waals surface area contributed by atoms with Crippen LogP contribution in [0.15, 0.2) is 34.0 Å². The first-order valence-electron chi connectivity index (χ1n) is 8.24. The smallest absolute Gasteiger partial charge is 0.277 e. The number of aromatic nitrogens is 2. The van der Waals surface area contributed by atoms with Gasteiger partial charge in [-0.2, -0.15) is 5.10 Å². The summed E-state index contributed by atoms with van der Waals surface area (Å²) in [7, 11) is 0. The molecule has 0 aromatic carbocycles. The van der Waals surface area contributed by atoms with E-state index in [2.05, 4.69) is 22.1 Å². The number of hydrogen-bond acceptors (Lipinski definition) is 6. The fourth-order valence-electron chi connectivity index (χ4n) is 2.93. The van der Waals surface area contributed by atoms with Crippen LogP contribution in [-0.4, -0.2) is 34.1 Å². The average Bonchev–Trinajstić information content (AvgIpc) is 3.15. The molecule has 0 spiro atoms. The summed E-state index contributed by atoms with van der Waals surface area (Å²) in [5.74, 6) is 0.383. The van der Waals surface area contributed by atoms with Crippen LogP contribution in [-0.2, 0) is 11.3 Å². The summed E-state index contributed by atoms with van der Waals surface area (Å²) >= 11 is 7.44. The molecule has 2 N–H and O–H groups in total. The Balaban J connectivity index is 1.78. The summed E-state index contributed by atoms with van der Waals surface area (Å²) < 4.78 is 6.32. The van der Waals surface area contributed by atoms with Crippen LogP contribution < -0.4 is 10.9 Å². The largest absolute Gasteiger partial charge is 0.444 e. The number of aryl methyl sites for hydroxylation is 2. The molecule has 3 aromatic heterocycles. The van der Waals surface area contributed by atoms with Gasteiger partial charge in [-0.3, -0.25) is 19.8 Å². The number of H-pyrrole nitrogens is 1. The van der Waals surface area contributed by atoms with Crippen molar-refractivity contribution in [2.24, 2.45) is 0 Å². The molecular weight excluding hydrogens is 388 g/mol. The zero-order valence-electron chi connectivity index (χ0n) is 15.0. The molecule has 3 heterocycles. The van der Waals surface area contributed by atoms with Crippen molar-refractivity contribution in [3.05, 3.63) is 55.8 Å². The highest BCUT2D eigenvalue weighted by molar-refractivity contribution is 7.16. The van der Waals surface area contributed by atoms with Gasteiger partial charge in [-0.1, -0.05) is 17.7 Å². The Morgan fingerprint density at radius 3 is 2.89 bits per heavy atom. The maximum absolute atomic E-state index is 12.5. The van der Waals surface area contributed by atoms with E-state index in [1.54, 1.807) is 19.9 Å². The quantitative estimate of drug-likeness (QED) is 0.586. The lowest BCUT2D eigenvalue weighted by molar-refractivity contribution is -0.117. The zero-order chi connectivity index (χ0) is 19.6. The second kappa shape index (κ2) is 8.08. The van der Waals surface area contributed by atoms with E-state index in [9.17, 15) is 9.59 Å². The third-order valence-corrected chi connectivity index (χ3v) is 5.23. The second-order valence-electron chi connectivity index (χ2n) is 6.09. The number of nitrogens with one attached hydrogen (secondary N) is 2. The van der Waals surface area contributed by atoms with Crippen molar-refractivity contribution in [3.8, 4) is 0 Å². The van der Waals surface area contributed by atoms with Gasteiger partial charge in [0.25, 0.3) is 5.56 Å². The molecule has 9 heteroatoms. The van der Waals surface area contributed by atoms with Gasteiger partial charge >= 0.3 is 0 Å². The van der Waals surface area contributed by atoms with E-state index < -0.39 is 5.56 Å². The summed E-state index contributed by atoms with van der Waals surface area (Å²) in [5.41, 5.74) is 0.230. The van der Waals surface area contributed by atoms with Crippen molar-refractivity contribution in [3.63, 3.8) is 0 Å². The van der Waals surface area contributed by atoms with Crippen molar-refractivity contribution in [1.29, 1.82) is 0 Å². The Kier molecular flexibility index (Phi) is 5.79. The Morgan fingerprint density at radius 1 is 1.44 bits per heavy atom. The fourth-order valence-corrected chi connectivity index (χ4v) is 4.06. The van der Waals surface area contributed by atoms with Crippen molar-refractivity contribution in [1.82, 2.24) is 15.1 Å². The number of halogens is 1. The number of amides is 1. The van der Waals surface area contributed by atoms with Crippen molar-refractivity contribution in [2.75, 3.05) is 18.4 Å². The number of carbonyl (C=O) groups is 1. The van der Waals surface area contributed by atoms with Crippen LogP contribution in [0.3, 0.4) is 0 Å². The number of aromatic amines is 1. The minimum absolute atomic E-state index is 0.116. The van der Waals surface area contributed by atoms with Gasteiger partial charge in [0.05, 0.1) is 22.0 Å². The molecule has 0 fully saturated rings. The molecule has 0 unspecified atom stereocenters. The van der Waals surface area contributed by atoms with Gasteiger partial charge in [0, 0.05) is 18.0 Å². The molecule has 1 amide bonds. The molecule has 0 bridgehead atoms. The lowest BCUT2D eigenvalue weighted by Gasteiger charge is -2.18. The number of nitrogens with zero attached hydrogens (tertiary/aromatic N) is 2. The van der Waals surface area contributed by atoms with Gasteiger partial charge in [-0.25, -0.2) is 5.10 Å². The van der Waals surface area contributed by atoms with Crippen LogP contribution in [0.2, 0.25) is 4.34 Å². The SMILES string of the molecule is C=CCN(CC(=O)Nc1oc(C)c2c(C)n[nH]c(=O)c12)Cc1ccc(Cl)s1. The standard InChI is InChI=1S/C18H19ClN4O3S/c1-4-7-23(8-12-5-6-13(19)27-12)9-14(24)20-18-16-15(11(3)26-18)10(2)21-22-17(16)25/h4-6H,1,7-9H2,2-3H3,(H,20,24)(H,22,25). The third kappa shape index (κ3) is 4.29. The first-order chi connectivity index (χ1) is 12.9. The fraction of sp³-hybridized carbons (Fsp3) is 0.278. The van der Waals surface area contributed by atoms with Gasteiger partial charge in [0.15, 0.2) is 0 Å². The molecule has 0 aliphatic carbocycles. The third-order valence-electron chi connectivity index (χ3n) is 4.01. The van der Waals surface area contributed by atoms with Crippen LogP contribution in [0.25, 0.3) is 10.8 Å². The van der Waals surface area contributed by atoms with E-state index in [1.165, 1.54) is 11.3 Å². The molecule has 0 radical (unpaired) electrons. The molecular formula is C18H19ClN4O3S. The van der Waals surface area contributed by atoms with Crippen LogP contribution >= 0.6 is 22.9 Å². The molecule has 0 atom stereocenters. The number of rotatable bonds is 7. The Labute approximate surface area is 164 Å². The van der Waals surface area contributed by atoms with E-state index in [1.807, 2.05) is 17.0 Å². The molecule has 0 saturated carbocycles. The highest BCUT2D eigenvalue weighted by Gasteiger charge is 2.20. The van der Waals surface area contributed by atoms with Gasteiger partial charge in [0.1, 0.15) is 11.1 Å². The van der Waals surface area contributed by atoms with E-state index in [4.69, 9.17) is 16.0 Å². The van der Waals surface area contributed by atoms with E-state index in [0.717, 1.165) is 4.88 Å². The number of furan rings is 1. The maximum atomic E-state index is 12.5. The molecule has 142 valence electrons. The average molecular weight is 407 g/mol. The molecule has 0 aliphatic heterocycles. The van der Waals surface area contributed by atoms with Crippen LogP contribution in [0.5, 0.6) is 0 Å². The minimum atomic E-state index is -0.404. The lowest BCUT2D eigenvalue weighted by atomic mass is 10.2. The normalized spacial score (nSPS) is 11.3. The molecule has 27 heavy (non-hydrogen) atoms. The summed E-state index contributed by atoms with van der Waals surface area (Å²) in [4.78, 5) is 27.7. The predicted octanol–water partition coefficient (Wildman–Crippen LogP) is 3.47. The number of carbonyl (C=O) groups excluding carboxylic acids is 1. The van der Waals surface area contributed by atoms with Gasteiger partial charge < -0.3 is 4.42 Å². The summed E-state index contributed by atoms with van der Waals surface area (Å²) in [6, 6.07) is 3.76. The Hall–Kier alpha value is -2.42. The lowest BCUT2D eigenvalue weighted by Crippen LogP contribution is -2.33. The Morgan fingerprint density at radius 2 is 2.22 bits per heavy atom. The van der Waals surface area contributed by atoms with Crippen molar-refractivity contribution >= 4 is 45.5 Å². The van der Waals surface area contributed by atoms with Gasteiger partial charge in [0.2, 0.25) is 11.8 Å². The predicted molar refractivity (Wildman–Crippen MR) is 108 cm³/mol. The van der Waals surface area contributed by atoms with Gasteiger partial charge in [-0.05, 0) is 26.0 Å². The molecule has 3 rings (SSSR count). The topological polar surface area (TPSA) is 91.2 Å². The van der Waals surface area contributed by atoms with Crippen molar-refractivity contribution < 1.29 is 9.21 Å². The minimum Gasteiger partial charge on any atom is -0.444 e. The van der Waals surface area contributed by atoms with E-state index >= 15 is 0 Å². The monoisotopic (exact) mass is 406 g/mol.